The summed E-state index contributed by atoms with van der Waals surface area (Å²) >= 11 is 0. The Balaban J connectivity index is 0. The van der Waals surface area contributed by atoms with Crippen LogP contribution in [0.1, 0.15) is 0 Å². The van der Waals surface area contributed by atoms with Crippen molar-refractivity contribution in [3.8, 4) is 0 Å². The number of carbonyl (C=O) groups is 1. The summed E-state index contributed by atoms with van der Waals surface area (Å²) in [7, 11) is 3.48. The van der Waals surface area contributed by atoms with Crippen molar-refractivity contribution in [3.63, 3.8) is 0 Å². The summed E-state index contributed by atoms with van der Waals surface area (Å²) in [4.78, 5) is 11.9. The van der Waals surface area contributed by atoms with E-state index in [1.54, 1.807) is 19.0 Å². The predicted octanol–water partition coefficient (Wildman–Crippen LogP) is -5.09. The van der Waals surface area contributed by atoms with E-state index >= 15 is 0 Å². The average Bonchev–Trinajstić information content (AvgIpc) is 1.81. The first kappa shape index (κ1) is 13.9. The molecule has 0 saturated carbocycles. The minimum atomic E-state index is -1.20. The van der Waals surface area contributed by atoms with Gasteiger partial charge in [-0.2, -0.15) is 0 Å². The number of nitrogens with zero attached hydrogens (tertiary/aromatic N) is 1. The van der Waals surface area contributed by atoms with Crippen LogP contribution in [0.2, 0.25) is 0 Å². The molecule has 0 spiro atoms. The fourth-order valence-electron chi connectivity index (χ4n) is 0.648. The minimum Gasteiger partial charge on any atom is -0.550 e. The number of carboxylic acids is 1. The minimum absolute atomic E-state index is 0. The summed E-state index contributed by atoms with van der Waals surface area (Å²) in [5, 5.41) is 18.7. The van der Waals surface area contributed by atoms with Gasteiger partial charge in [0.1, 0.15) is 0 Å². The predicted molar refractivity (Wildman–Crippen MR) is 34.1 cm³/mol. The normalized spacial score (nSPS) is 12.4. The number of rotatable bonds is 4. The zero-order valence-corrected chi connectivity index (χ0v) is 9.20. The second-order valence-electron chi connectivity index (χ2n) is 2.46. The topological polar surface area (TPSA) is 63.6 Å². The fraction of sp³-hybridized carbons (Fsp3) is 0.833. The molecule has 5 heteroatoms. The monoisotopic (exact) mass is 169 g/mol. The van der Waals surface area contributed by atoms with Crippen LogP contribution in [-0.4, -0.2) is 43.2 Å². The maximum Gasteiger partial charge on any atom is 1.00 e. The van der Waals surface area contributed by atoms with Crippen molar-refractivity contribution in [1.29, 1.82) is 0 Å². The molecule has 0 radical (unpaired) electrons. The number of hydrogen-bond acceptors (Lipinski definition) is 4. The number of carbonyl (C=O) groups excluding carboxylic acids is 1. The van der Waals surface area contributed by atoms with Crippen molar-refractivity contribution in [1.82, 2.24) is 4.90 Å². The Bertz CT molecular complexity index is 118. The summed E-state index contributed by atoms with van der Waals surface area (Å²) in [5.74, 6) is -1.97. The van der Waals surface area contributed by atoms with Crippen molar-refractivity contribution in [2.75, 3.05) is 27.2 Å². The largest absolute Gasteiger partial charge is 1.00 e. The van der Waals surface area contributed by atoms with Crippen molar-refractivity contribution in [3.05, 3.63) is 0 Å². The third-order valence-electron chi connectivity index (χ3n) is 1.14. The van der Waals surface area contributed by atoms with Gasteiger partial charge >= 0.3 is 29.6 Å². The van der Waals surface area contributed by atoms with E-state index in [1.165, 1.54) is 0 Å². The second-order valence-corrected chi connectivity index (χ2v) is 2.46. The Morgan fingerprint density at radius 1 is 1.64 bits per heavy atom. The van der Waals surface area contributed by atoms with Gasteiger partial charge < -0.3 is 19.9 Å². The van der Waals surface area contributed by atoms with E-state index in [0.717, 1.165) is 0 Å². The third-order valence-corrected chi connectivity index (χ3v) is 1.14. The van der Waals surface area contributed by atoms with Gasteiger partial charge in [0, 0.05) is 18.4 Å². The number of aliphatic carboxylic acids is 1. The summed E-state index contributed by atoms with van der Waals surface area (Å²) in [6.07, 6.45) is 0. The number of carboxylic acid groups (broad SMARTS) is 1. The molecule has 0 amide bonds. The molecular formula is C6H12NNaO3. The molecule has 0 bridgehead atoms. The quantitative estimate of drug-likeness (QED) is 0.428. The van der Waals surface area contributed by atoms with Crippen LogP contribution in [0.3, 0.4) is 0 Å². The van der Waals surface area contributed by atoms with Gasteiger partial charge in [0.15, 0.2) is 0 Å². The molecule has 60 valence electrons. The summed E-state index contributed by atoms with van der Waals surface area (Å²) in [6, 6.07) is 0. The van der Waals surface area contributed by atoms with E-state index in [-0.39, 0.29) is 36.2 Å². The van der Waals surface area contributed by atoms with Crippen LogP contribution < -0.4 is 34.7 Å². The maximum atomic E-state index is 10.2. The van der Waals surface area contributed by atoms with Gasteiger partial charge in [0.25, 0.3) is 0 Å². The Hall–Kier alpha value is 0.390. The molecule has 0 aliphatic carbocycles. The summed E-state index contributed by atoms with van der Waals surface area (Å²) in [5.41, 5.74) is 0. The van der Waals surface area contributed by atoms with Gasteiger partial charge in [-0.25, -0.2) is 0 Å². The van der Waals surface area contributed by atoms with Crippen LogP contribution in [0.15, 0.2) is 0 Å². The molecule has 0 aliphatic rings. The first-order valence-electron chi connectivity index (χ1n) is 3.04. The van der Waals surface area contributed by atoms with E-state index in [1.807, 2.05) is 0 Å². The Labute approximate surface area is 88.5 Å². The Kier molecular flexibility index (Phi) is 8.95. The number of aliphatic hydroxyl groups is 1. The fourth-order valence-corrected chi connectivity index (χ4v) is 0.648. The average molecular weight is 169 g/mol. The van der Waals surface area contributed by atoms with E-state index in [0.29, 0.717) is 6.54 Å². The van der Waals surface area contributed by atoms with Gasteiger partial charge in [0.05, 0.1) is 6.61 Å². The second kappa shape index (κ2) is 7.06. The van der Waals surface area contributed by atoms with E-state index in [4.69, 9.17) is 5.11 Å². The zero-order chi connectivity index (χ0) is 8.15. The molecule has 1 N–H and O–H groups in total. The van der Waals surface area contributed by atoms with Crippen LogP contribution in [0, 0.1) is 5.92 Å². The molecule has 0 aromatic heterocycles. The van der Waals surface area contributed by atoms with Crippen molar-refractivity contribution in [2.24, 2.45) is 5.92 Å². The molecule has 1 unspecified atom stereocenters. The van der Waals surface area contributed by atoms with Crippen molar-refractivity contribution in [2.45, 2.75) is 0 Å². The summed E-state index contributed by atoms with van der Waals surface area (Å²) < 4.78 is 0. The van der Waals surface area contributed by atoms with Gasteiger partial charge in [-0.3, -0.25) is 0 Å². The Morgan fingerprint density at radius 3 is 2.18 bits per heavy atom. The zero-order valence-electron chi connectivity index (χ0n) is 7.20. The molecule has 11 heavy (non-hydrogen) atoms. The molecule has 0 aliphatic heterocycles. The third kappa shape index (κ3) is 6.77. The van der Waals surface area contributed by atoms with Crippen LogP contribution in [0.4, 0.5) is 0 Å². The number of hydrogen-bond donors (Lipinski definition) is 1. The molecule has 0 aromatic rings. The van der Waals surface area contributed by atoms with Gasteiger partial charge in [0.2, 0.25) is 0 Å². The van der Waals surface area contributed by atoms with E-state index in [2.05, 4.69) is 0 Å². The van der Waals surface area contributed by atoms with Crippen LogP contribution in [0.25, 0.3) is 0 Å². The van der Waals surface area contributed by atoms with Crippen molar-refractivity contribution >= 4 is 5.97 Å². The van der Waals surface area contributed by atoms with Crippen molar-refractivity contribution < 1.29 is 44.6 Å². The standard InChI is InChI=1S/C6H13NO3.Na/c1-7(2)3-5(4-8)6(9)10;/h5,8H,3-4H2,1-2H3,(H,9,10);/q;+1/p-1. The molecule has 0 saturated heterocycles. The Morgan fingerprint density at radius 2 is 2.09 bits per heavy atom. The molecule has 4 nitrogen and oxygen atoms in total. The van der Waals surface area contributed by atoms with Crippen LogP contribution >= 0.6 is 0 Å². The maximum absolute atomic E-state index is 10.2. The molecule has 0 fully saturated rings. The molecule has 0 rings (SSSR count). The van der Waals surface area contributed by atoms with Gasteiger partial charge in [-0.1, -0.05) is 0 Å². The molecular weight excluding hydrogens is 157 g/mol. The van der Waals surface area contributed by atoms with Crippen LogP contribution in [0.5, 0.6) is 0 Å². The van der Waals surface area contributed by atoms with Gasteiger partial charge in [-0.05, 0) is 14.1 Å². The van der Waals surface area contributed by atoms with Crippen LogP contribution in [-0.2, 0) is 4.79 Å². The molecule has 1 atom stereocenters. The first-order chi connectivity index (χ1) is 4.57. The van der Waals surface area contributed by atoms with E-state index < -0.39 is 11.9 Å². The van der Waals surface area contributed by atoms with Gasteiger partial charge in [-0.15, -0.1) is 0 Å². The number of aliphatic hydroxyl groups excluding tert-OH is 1. The smallest absolute Gasteiger partial charge is 0.550 e. The van der Waals surface area contributed by atoms with E-state index in [9.17, 15) is 9.90 Å². The first-order valence-corrected chi connectivity index (χ1v) is 3.04. The SMILES string of the molecule is CN(C)CC(CO)C(=O)[O-].[Na+]. The summed E-state index contributed by atoms with van der Waals surface area (Å²) in [6.45, 7) is -0.0423. The molecule has 0 heterocycles. The molecule has 0 aromatic carbocycles.